The lowest BCUT2D eigenvalue weighted by molar-refractivity contribution is 0.0858. The molecule has 6 heteroatoms. The average Bonchev–Trinajstić information content (AvgIpc) is 3.39. The van der Waals surface area contributed by atoms with Crippen LogP contribution in [-0.2, 0) is 4.74 Å². The van der Waals surface area contributed by atoms with Crippen LogP contribution in [0.1, 0.15) is 23.2 Å². The van der Waals surface area contributed by atoms with Crippen LogP contribution < -0.4 is 5.32 Å². The Kier molecular flexibility index (Phi) is 4.75. The first-order valence-corrected chi connectivity index (χ1v) is 8.69. The van der Waals surface area contributed by atoms with E-state index in [1.54, 1.807) is 12.1 Å². The summed E-state index contributed by atoms with van der Waals surface area (Å²) in [6, 6.07) is 16.8. The van der Waals surface area contributed by atoms with Crippen LogP contribution in [0.4, 0.5) is 0 Å². The van der Waals surface area contributed by atoms with Gasteiger partial charge in [0.2, 0.25) is 5.82 Å². The Hall–Kier alpha value is -2.99. The molecule has 4 rings (SSSR count). The number of rotatable bonds is 5. The van der Waals surface area contributed by atoms with E-state index in [4.69, 9.17) is 9.26 Å². The van der Waals surface area contributed by atoms with Gasteiger partial charge in [0.1, 0.15) is 0 Å². The lowest BCUT2D eigenvalue weighted by Gasteiger charge is -2.10. The maximum atomic E-state index is 12.4. The summed E-state index contributed by atoms with van der Waals surface area (Å²) >= 11 is 0. The fourth-order valence-electron chi connectivity index (χ4n) is 2.95. The van der Waals surface area contributed by atoms with Crippen LogP contribution in [0.5, 0.6) is 0 Å². The number of benzene rings is 2. The first-order valence-electron chi connectivity index (χ1n) is 8.69. The van der Waals surface area contributed by atoms with Gasteiger partial charge in [-0.2, -0.15) is 4.98 Å². The van der Waals surface area contributed by atoms with Gasteiger partial charge in [0, 0.05) is 29.8 Å². The molecule has 2 heterocycles. The van der Waals surface area contributed by atoms with Crippen molar-refractivity contribution in [3.8, 4) is 22.8 Å². The second-order valence-corrected chi connectivity index (χ2v) is 6.22. The molecular weight excluding hydrogens is 330 g/mol. The zero-order chi connectivity index (χ0) is 17.8. The standard InChI is InChI=1S/C20H19N3O3/c24-19(21-13-17-10-5-11-25-17)15-8-4-9-16(12-15)20-22-18(23-26-20)14-6-2-1-3-7-14/h1-4,6-9,12,17H,5,10-11,13H2,(H,21,24)/t17-/m1/s1. The Morgan fingerprint density at radius 3 is 2.77 bits per heavy atom. The number of carbonyl (C=O) groups is 1. The number of aromatic nitrogens is 2. The van der Waals surface area contributed by atoms with Gasteiger partial charge in [-0.25, -0.2) is 0 Å². The molecule has 0 saturated carbocycles. The molecule has 6 nitrogen and oxygen atoms in total. The Morgan fingerprint density at radius 2 is 1.96 bits per heavy atom. The molecule has 26 heavy (non-hydrogen) atoms. The summed E-state index contributed by atoms with van der Waals surface area (Å²) in [5.41, 5.74) is 2.15. The molecule has 3 aromatic rings. The number of amides is 1. The van der Waals surface area contributed by atoms with Gasteiger partial charge in [-0.15, -0.1) is 0 Å². The van der Waals surface area contributed by atoms with E-state index in [2.05, 4.69) is 15.5 Å². The number of hydrogen-bond acceptors (Lipinski definition) is 5. The fraction of sp³-hybridized carbons (Fsp3) is 0.250. The molecule has 1 aromatic heterocycles. The Bertz CT molecular complexity index is 886. The fourth-order valence-corrected chi connectivity index (χ4v) is 2.95. The Labute approximate surface area is 151 Å². The number of nitrogens with zero attached hydrogens (tertiary/aromatic N) is 2. The normalized spacial score (nSPS) is 16.5. The quantitative estimate of drug-likeness (QED) is 0.765. The van der Waals surface area contributed by atoms with Gasteiger partial charge < -0.3 is 14.6 Å². The molecule has 0 aliphatic carbocycles. The molecule has 1 aliphatic rings. The molecular formula is C20H19N3O3. The van der Waals surface area contributed by atoms with Crippen LogP contribution in [0, 0.1) is 0 Å². The van der Waals surface area contributed by atoms with Crippen molar-refractivity contribution in [1.29, 1.82) is 0 Å². The van der Waals surface area contributed by atoms with E-state index < -0.39 is 0 Å². The zero-order valence-corrected chi connectivity index (χ0v) is 14.2. The summed E-state index contributed by atoms with van der Waals surface area (Å²) in [5, 5.41) is 6.94. The average molecular weight is 349 g/mol. The van der Waals surface area contributed by atoms with Crippen molar-refractivity contribution in [3.63, 3.8) is 0 Å². The summed E-state index contributed by atoms with van der Waals surface area (Å²) < 4.78 is 10.9. The Balaban J connectivity index is 1.49. The third-order valence-electron chi connectivity index (χ3n) is 4.34. The molecule has 1 atom stereocenters. The van der Waals surface area contributed by atoms with Crippen LogP contribution >= 0.6 is 0 Å². The van der Waals surface area contributed by atoms with Crippen molar-refractivity contribution >= 4 is 5.91 Å². The summed E-state index contributed by atoms with van der Waals surface area (Å²) in [6.07, 6.45) is 2.16. The SMILES string of the molecule is O=C(NC[C@H]1CCCO1)c1cccc(-c2nc(-c3ccccc3)no2)c1. The van der Waals surface area contributed by atoms with E-state index in [-0.39, 0.29) is 12.0 Å². The van der Waals surface area contributed by atoms with Gasteiger partial charge in [-0.1, -0.05) is 41.6 Å². The van der Waals surface area contributed by atoms with E-state index in [0.29, 0.717) is 29.4 Å². The van der Waals surface area contributed by atoms with Crippen molar-refractivity contribution in [2.24, 2.45) is 0 Å². The van der Waals surface area contributed by atoms with E-state index in [0.717, 1.165) is 25.0 Å². The summed E-state index contributed by atoms with van der Waals surface area (Å²) in [5.74, 6) is 0.775. The highest BCUT2D eigenvalue weighted by Crippen LogP contribution is 2.23. The van der Waals surface area contributed by atoms with Crippen molar-refractivity contribution in [2.45, 2.75) is 18.9 Å². The van der Waals surface area contributed by atoms with E-state index in [1.807, 2.05) is 42.5 Å². The maximum Gasteiger partial charge on any atom is 0.258 e. The van der Waals surface area contributed by atoms with Crippen LogP contribution in [0.25, 0.3) is 22.8 Å². The lowest BCUT2D eigenvalue weighted by Crippen LogP contribution is -2.31. The third kappa shape index (κ3) is 3.65. The van der Waals surface area contributed by atoms with Crippen molar-refractivity contribution in [3.05, 3.63) is 60.2 Å². The molecule has 1 fully saturated rings. The number of ether oxygens (including phenoxy) is 1. The van der Waals surface area contributed by atoms with Gasteiger partial charge in [-0.3, -0.25) is 4.79 Å². The minimum absolute atomic E-state index is 0.117. The minimum atomic E-state index is -0.134. The second-order valence-electron chi connectivity index (χ2n) is 6.22. The second kappa shape index (κ2) is 7.49. The lowest BCUT2D eigenvalue weighted by atomic mass is 10.1. The molecule has 1 aliphatic heterocycles. The molecule has 1 saturated heterocycles. The number of carbonyl (C=O) groups excluding carboxylic acids is 1. The first-order chi connectivity index (χ1) is 12.8. The zero-order valence-electron chi connectivity index (χ0n) is 14.2. The predicted octanol–water partition coefficient (Wildman–Crippen LogP) is 3.31. The molecule has 132 valence electrons. The summed E-state index contributed by atoms with van der Waals surface area (Å²) in [7, 11) is 0. The van der Waals surface area contributed by atoms with Gasteiger partial charge in [-0.05, 0) is 31.0 Å². The molecule has 1 N–H and O–H groups in total. The highest BCUT2D eigenvalue weighted by atomic mass is 16.5. The first kappa shape index (κ1) is 16.5. The molecule has 0 bridgehead atoms. The minimum Gasteiger partial charge on any atom is -0.376 e. The third-order valence-corrected chi connectivity index (χ3v) is 4.34. The van der Waals surface area contributed by atoms with Gasteiger partial charge in [0.05, 0.1) is 6.10 Å². The van der Waals surface area contributed by atoms with Crippen molar-refractivity contribution < 1.29 is 14.1 Å². The predicted molar refractivity (Wildman–Crippen MR) is 96.5 cm³/mol. The molecule has 2 aromatic carbocycles. The van der Waals surface area contributed by atoms with Gasteiger partial charge >= 0.3 is 0 Å². The van der Waals surface area contributed by atoms with Crippen LogP contribution in [0.2, 0.25) is 0 Å². The van der Waals surface area contributed by atoms with Gasteiger partial charge in [0.15, 0.2) is 0 Å². The highest BCUT2D eigenvalue weighted by molar-refractivity contribution is 5.95. The number of hydrogen-bond donors (Lipinski definition) is 1. The van der Waals surface area contributed by atoms with Crippen molar-refractivity contribution in [2.75, 3.05) is 13.2 Å². The molecule has 0 spiro atoms. The number of nitrogens with one attached hydrogen (secondary N) is 1. The van der Waals surface area contributed by atoms with Crippen LogP contribution in [-0.4, -0.2) is 35.3 Å². The van der Waals surface area contributed by atoms with Crippen molar-refractivity contribution in [1.82, 2.24) is 15.5 Å². The van der Waals surface area contributed by atoms with Crippen LogP contribution in [0.15, 0.2) is 59.1 Å². The molecule has 0 unspecified atom stereocenters. The molecule has 0 radical (unpaired) electrons. The molecule has 1 amide bonds. The van der Waals surface area contributed by atoms with E-state index in [9.17, 15) is 4.79 Å². The largest absolute Gasteiger partial charge is 0.376 e. The Morgan fingerprint density at radius 1 is 1.12 bits per heavy atom. The van der Waals surface area contributed by atoms with E-state index >= 15 is 0 Å². The topological polar surface area (TPSA) is 77.2 Å². The highest BCUT2D eigenvalue weighted by Gasteiger charge is 2.17. The monoisotopic (exact) mass is 349 g/mol. The maximum absolute atomic E-state index is 12.4. The van der Waals surface area contributed by atoms with E-state index in [1.165, 1.54) is 0 Å². The smallest absolute Gasteiger partial charge is 0.258 e. The summed E-state index contributed by atoms with van der Waals surface area (Å²) in [4.78, 5) is 16.8. The van der Waals surface area contributed by atoms with Gasteiger partial charge in [0.25, 0.3) is 11.8 Å². The summed E-state index contributed by atoms with van der Waals surface area (Å²) in [6.45, 7) is 1.30. The van der Waals surface area contributed by atoms with Crippen LogP contribution in [0.3, 0.4) is 0 Å².